The fourth-order valence-corrected chi connectivity index (χ4v) is 5.59. The third-order valence-corrected chi connectivity index (χ3v) is 6.98. The van der Waals surface area contributed by atoms with Crippen molar-refractivity contribution in [1.82, 2.24) is 14.9 Å². The minimum atomic E-state index is 0.214. The van der Waals surface area contributed by atoms with Gasteiger partial charge >= 0.3 is 0 Å². The van der Waals surface area contributed by atoms with Crippen LogP contribution in [-0.2, 0) is 4.79 Å². The average molecular weight is 368 g/mol. The van der Waals surface area contributed by atoms with Crippen LogP contribution >= 0.6 is 34.7 Å². The summed E-state index contributed by atoms with van der Waals surface area (Å²) in [5.41, 5.74) is 2.18. The van der Waals surface area contributed by atoms with Gasteiger partial charge in [-0.25, -0.2) is 9.97 Å². The van der Waals surface area contributed by atoms with Crippen LogP contribution in [0.5, 0.6) is 0 Å². The van der Waals surface area contributed by atoms with Gasteiger partial charge in [-0.2, -0.15) is 0 Å². The number of hydrogen-bond donors (Lipinski definition) is 0. The molecule has 1 aliphatic carbocycles. The summed E-state index contributed by atoms with van der Waals surface area (Å²) in [6.45, 7) is 1.80. The lowest BCUT2D eigenvalue weighted by molar-refractivity contribution is -0.129. The largest absolute Gasteiger partial charge is 0.342 e. The lowest BCUT2D eigenvalue weighted by Crippen LogP contribution is -2.36. The predicted molar refractivity (Wildman–Crippen MR) is 95.6 cm³/mol. The number of hydrogen-bond acceptors (Lipinski definition) is 5. The number of piperidine rings is 1. The molecule has 0 atom stereocenters. The number of nitrogens with zero attached hydrogens (tertiary/aromatic N) is 3. The summed E-state index contributed by atoms with van der Waals surface area (Å²) in [6, 6.07) is 0. The second-order valence-electron chi connectivity index (χ2n) is 6.15. The van der Waals surface area contributed by atoms with E-state index in [2.05, 4.69) is 9.97 Å². The summed E-state index contributed by atoms with van der Waals surface area (Å²) >= 11 is 9.50. The number of halogens is 1. The summed E-state index contributed by atoms with van der Waals surface area (Å²) in [7, 11) is 0. The minimum Gasteiger partial charge on any atom is -0.342 e. The quantitative estimate of drug-likeness (QED) is 0.596. The number of aromatic nitrogens is 2. The molecule has 7 heteroatoms. The molecule has 2 fully saturated rings. The van der Waals surface area contributed by atoms with Gasteiger partial charge in [0.2, 0.25) is 5.91 Å². The molecule has 0 bridgehead atoms. The van der Waals surface area contributed by atoms with E-state index in [1.165, 1.54) is 36.6 Å². The van der Waals surface area contributed by atoms with E-state index in [1.807, 2.05) is 4.90 Å². The van der Waals surface area contributed by atoms with E-state index < -0.39 is 0 Å². The fourth-order valence-electron chi connectivity index (χ4n) is 3.07. The maximum atomic E-state index is 12.3. The van der Waals surface area contributed by atoms with Crippen LogP contribution in [-0.4, -0.2) is 39.6 Å². The molecule has 3 heterocycles. The molecule has 0 aromatic carbocycles. The smallest absolute Gasteiger partial charge is 0.232 e. The number of rotatable bonds is 4. The van der Waals surface area contributed by atoms with Crippen molar-refractivity contribution in [2.75, 3.05) is 18.8 Å². The Bertz CT molecular complexity index is 738. The van der Waals surface area contributed by atoms with E-state index in [1.54, 1.807) is 17.7 Å². The Morgan fingerprint density at radius 3 is 2.83 bits per heavy atom. The summed E-state index contributed by atoms with van der Waals surface area (Å²) in [5, 5.41) is 0.888. The molecule has 1 saturated heterocycles. The Labute approximate surface area is 148 Å². The van der Waals surface area contributed by atoms with Crippen LogP contribution in [0.3, 0.4) is 0 Å². The number of likely N-dealkylation sites (tertiary alicyclic amines) is 1. The lowest BCUT2D eigenvalue weighted by atomic mass is 10.1. The molecular weight excluding hydrogens is 350 g/mol. The van der Waals surface area contributed by atoms with Crippen molar-refractivity contribution in [2.24, 2.45) is 0 Å². The maximum Gasteiger partial charge on any atom is 0.232 e. The number of amides is 1. The van der Waals surface area contributed by atoms with Crippen molar-refractivity contribution in [3.05, 3.63) is 16.2 Å². The van der Waals surface area contributed by atoms with E-state index in [0.29, 0.717) is 11.7 Å². The first-order valence-electron chi connectivity index (χ1n) is 8.07. The Hall–Kier alpha value is -0.850. The third-order valence-electron chi connectivity index (χ3n) is 4.46. The molecular formula is C16H18ClN3OS2. The molecule has 2 aliphatic rings. The summed E-state index contributed by atoms with van der Waals surface area (Å²) in [6.07, 6.45) is 7.49. The van der Waals surface area contributed by atoms with Crippen molar-refractivity contribution in [1.29, 1.82) is 0 Å². The molecule has 0 radical (unpaired) electrons. The first-order valence-corrected chi connectivity index (χ1v) is 10.3. The highest BCUT2D eigenvalue weighted by Crippen LogP contribution is 2.50. The van der Waals surface area contributed by atoms with Gasteiger partial charge in [-0.3, -0.25) is 4.79 Å². The van der Waals surface area contributed by atoms with Crippen molar-refractivity contribution < 1.29 is 4.79 Å². The number of thioether (sulfide) groups is 1. The van der Waals surface area contributed by atoms with Gasteiger partial charge in [0.25, 0.3) is 0 Å². The Morgan fingerprint density at radius 1 is 1.30 bits per heavy atom. The molecule has 2 aromatic heterocycles. The molecule has 0 N–H and O–H groups in total. The predicted octanol–water partition coefficient (Wildman–Crippen LogP) is 4.33. The lowest BCUT2D eigenvalue weighted by Gasteiger charge is -2.26. The van der Waals surface area contributed by atoms with E-state index in [-0.39, 0.29) is 5.91 Å². The summed E-state index contributed by atoms with van der Waals surface area (Å²) < 4.78 is 1.88. The maximum absolute atomic E-state index is 12.3. The molecule has 4 rings (SSSR count). The van der Waals surface area contributed by atoms with Crippen molar-refractivity contribution >= 4 is 50.8 Å². The molecule has 0 unspecified atom stereocenters. The Kier molecular flexibility index (Phi) is 4.48. The van der Waals surface area contributed by atoms with E-state index in [4.69, 9.17) is 11.6 Å². The standard InChI is InChI=1S/C16H18ClN3OS2/c17-15-12(10-4-5-10)13-14(23-15)16(19-9-18-13)22-8-11(21)20-6-2-1-3-7-20/h9-10H,1-8H2. The van der Waals surface area contributed by atoms with E-state index in [9.17, 15) is 4.79 Å². The summed E-state index contributed by atoms with van der Waals surface area (Å²) in [5.74, 6) is 1.23. The highest BCUT2D eigenvalue weighted by Gasteiger charge is 2.31. The second kappa shape index (κ2) is 6.57. The molecule has 1 saturated carbocycles. The Morgan fingerprint density at radius 2 is 2.09 bits per heavy atom. The zero-order valence-corrected chi connectivity index (χ0v) is 15.1. The molecule has 23 heavy (non-hydrogen) atoms. The van der Waals surface area contributed by atoms with Crippen LogP contribution < -0.4 is 0 Å². The minimum absolute atomic E-state index is 0.214. The topological polar surface area (TPSA) is 46.1 Å². The van der Waals surface area contributed by atoms with Crippen molar-refractivity contribution in [2.45, 2.75) is 43.0 Å². The normalized spacial score (nSPS) is 18.6. The highest BCUT2D eigenvalue weighted by molar-refractivity contribution is 8.00. The monoisotopic (exact) mass is 367 g/mol. The van der Waals surface area contributed by atoms with Gasteiger partial charge in [0, 0.05) is 18.7 Å². The number of thiophene rings is 1. The van der Waals surface area contributed by atoms with Crippen LogP contribution in [0, 0.1) is 0 Å². The first kappa shape index (κ1) is 15.7. The van der Waals surface area contributed by atoms with Crippen molar-refractivity contribution in [3.8, 4) is 0 Å². The van der Waals surface area contributed by atoms with Gasteiger partial charge in [-0.15, -0.1) is 11.3 Å². The average Bonchev–Trinajstić information content (AvgIpc) is 3.35. The molecule has 122 valence electrons. The van der Waals surface area contributed by atoms with Gasteiger partial charge in [-0.1, -0.05) is 23.4 Å². The highest BCUT2D eigenvalue weighted by atomic mass is 35.5. The van der Waals surface area contributed by atoms with Crippen molar-refractivity contribution in [3.63, 3.8) is 0 Å². The number of carbonyl (C=O) groups is 1. The molecule has 1 amide bonds. The number of carbonyl (C=O) groups excluding carboxylic acids is 1. The second-order valence-corrected chi connectivity index (χ2v) is 8.74. The Balaban J connectivity index is 1.52. The van der Waals surface area contributed by atoms with Crippen LogP contribution in [0.25, 0.3) is 10.2 Å². The zero-order valence-electron chi connectivity index (χ0n) is 12.8. The van der Waals surface area contributed by atoms with Gasteiger partial charge in [-0.05, 0) is 38.0 Å². The van der Waals surface area contributed by atoms with Gasteiger partial charge in [0.15, 0.2) is 0 Å². The van der Waals surface area contributed by atoms with Gasteiger partial charge in [0.1, 0.15) is 11.4 Å². The van der Waals surface area contributed by atoms with E-state index in [0.717, 1.165) is 45.5 Å². The molecule has 2 aromatic rings. The van der Waals surface area contributed by atoms with Crippen LogP contribution in [0.1, 0.15) is 43.6 Å². The third kappa shape index (κ3) is 3.21. The fraction of sp³-hybridized carbons (Fsp3) is 0.562. The van der Waals surface area contributed by atoms with Gasteiger partial charge in [0.05, 0.1) is 20.3 Å². The summed E-state index contributed by atoms with van der Waals surface area (Å²) in [4.78, 5) is 23.2. The van der Waals surface area contributed by atoms with Crippen LogP contribution in [0.4, 0.5) is 0 Å². The zero-order chi connectivity index (χ0) is 15.8. The first-order chi connectivity index (χ1) is 11.2. The van der Waals surface area contributed by atoms with E-state index >= 15 is 0 Å². The SMILES string of the molecule is O=C(CSc1ncnc2c(C3CC3)c(Cl)sc12)N1CCCCC1. The molecule has 0 spiro atoms. The molecule has 4 nitrogen and oxygen atoms in total. The van der Waals surface area contributed by atoms with Crippen LogP contribution in [0.15, 0.2) is 11.4 Å². The number of fused-ring (bicyclic) bond motifs is 1. The van der Waals surface area contributed by atoms with Gasteiger partial charge < -0.3 is 4.90 Å². The molecule has 1 aliphatic heterocycles. The van der Waals surface area contributed by atoms with Crippen LogP contribution in [0.2, 0.25) is 4.34 Å².